The monoisotopic (exact) mass is 247 g/mol. The lowest BCUT2D eigenvalue weighted by molar-refractivity contribution is -0.132. The molecular weight excluding hydrogens is 222 g/mol. The fourth-order valence-electron chi connectivity index (χ4n) is 2.04. The second-order valence-corrected chi connectivity index (χ2v) is 5.02. The average molecular weight is 247 g/mol. The fraction of sp³-hybridized carbons (Fsp3) is 0.562. The second-order valence-electron chi connectivity index (χ2n) is 5.02. The highest BCUT2D eigenvalue weighted by Gasteiger charge is 2.21. The van der Waals surface area contributed by atoms with Crippen LogP contribution in [0.4, 0.5) is 0 Å². The van der Waals surface area contributed by atoms with Gasteiger partial charge in [-0.25, -0.2) is 0 Å². The van der Waals surface area contributed by atoms with Crippen LogP contribution in [0.15, 0.2) is 30.3 Å². The van der Waals surface area contributed by atoms with Crippen LogP contribution in [0.1, 0.15) is 45.6 Å². The van der Waals surface area contributed by atoms with Gasteiger partial charge >= 0.3 is 0 Å². The highest BCUT2D eigenvalue weighted by atomic mass is 16.2. The van der Waals surface area contributed by atoms with Crippen molar-refractivity contribution in [3.63, 3.8) is 0 Å². The molecule has 100 valence electrons. The smallest absolute Gasteiger partial charge is 0.229 e. The summed E-state index contributed by atoms with van der Waals surface area (Å²) in [4.78, 5) is 14.4. The van der Waals surface area contributed by atoms with Crippen LogP contribution >= 0.6 is 0 Å². The molecule has 0 heterocycles. The lowest BCUT2D eigenvalue weighted by atomic mass is 9.99. The maximum atomic E-state index is 12.5. The van der Waals surface area contributed by atoms with Gasteiger partial charge in [0.15, 0.2) is 0 Å². The van der Waals surface area contributed by atoms with E-state index in [1.807, 2.05) is 42.2 Å². The Morgan fingerprint density at radius 3 is 2.28 bits per heavy atom. The molecule has 2 heteroatoms. The van der Waals surface area contributed by atoms with Gasteiger partial charge in [0.2, 0.25) is 5.91 Å². The molecule has 18 heavy (non-hydrogen) atoms. The third kappa shape index (κ3) is 3.86. The number of carbonyl (C=O) groups excluding carboxylic acids is 1. The van der Waals surface area contributed by atoms with E-state index >= 15 is 0 Å². The first-order chi connectivity index (χ1) is 8.60. The van der Waals surface area contributed by atoms with Crippen LogP contribution in [0.3, 0.4) is 0 Å². The van der Waals surface area contributed by atoms with Crippen molar-refractivity contribution in [2.75, 3.05) is 13.1 Å². The first-order valence-electron chi connectivity index (χ1n) is 6.93. The Hall–Kier alpha value is -1.31. The molecule has 2 nitrogen and oxygen atoms in total. The van der Waals surface area contributed by atoms with Crippen LogP contribution in [0.2, 0.25) is 0 Å². The summed E-state index contributed by atoms with van der Waals surface area (Å²) in [6.07, 6.45) is 1.11. The van der Waals surface area contributed by atoms with Crippen molar-refractivity contribution in [2.24, 2.45) is 5.92 Å². The zero-order valence-electron chi connectivity index (χ0n) is 12.0. The van der Waals surface area contributed by atoms with Gasteiger partial charge < -0.3 is 4.90 Å². The normalized spacial score (nSPS) is 14.0. The number of carbonyl (C=O) groups is 1. The molecule has 0 aliphatic carbocycles. The molecule has 1 aromatic carbocycles. The number of hydrogen-bond donors (Lipinski definition) is 0. The summed E-state index contributed by atoms with van der Waals surface area (Å²) in [5.41, 5.74) is 1.10. The van der Waals surface area contributed by atoms with Crippen molar-refractivity contribution in [3.8, 4) is 0 Å². The number of benzene rings is 1. The molecule has 0 N–H and O–H groups in total. The summed E-state index contributed by atoms with van der Waals surface area (Å²) in [5, 5.41) is 0. The van der Waals surface area contributed by atoms with Gasteiger partial charge in [-0.2, -0.15) is 0 Å². The highest BCUT2D eigenvalue weighted by Crippen LogP contribution is 2.18. The minimum atomic E-state index is -0.0461. The van der Waals surface area contributed by atoms with Crippen molar-refractivity contribution in [1.29, 1.82) is 0 Å². The lowest BCUT2D eigenvalue weighted by Crippen LogP contribution is -2.37. The minimum Gasteiger partial charge on any atom is -0.342 e. The van der Waals surface area contributed by atoms with Crippen molar-refractivity contribution in [2.45, 2.75) is 40.0 Å². The lowest BCUT2D eigenvalue weighted by Gasteiger charge is -2.27. The van der Waals surface area contributed by atoms with Gasteiger partial charge in [0.25, 0.3) is 0 Å². The largest absolute Gasteiger partial charge is 0.342 e. The quantitative estimate of drug-likeness (QED) is 0.751. The maximum absolute atomic E-state index is 12.5. The van der Waals surface area contributed by atoms with E-state index in [-0.39, 0.29) is 11.8 Å². The molecule has 1 aromatic rings. The number of amides is 1. The van der Waals surface area contributed by atoms with Crippen LogP contribution in [0.5, 0.6) is 0 Å². The van der Waals surface area contributed by atoms with E-state index in [4.69, 9.17) is 0 Å². The zero-order valence-corrected chi connectivity index (χ0v) is 12.0. The molecule has 0 aliphatic heterocycles. The SMILES string of the molecule is CCC(C)CN(CC)C(=O)C(C)c1ccccc1. The molecule has 1 amide bonds. The summed E-state index contributed by atoms with van der Waals surface area (Å²) in [7, 11) is 0. The standard InChI is InChI=1S/C16H25NO/c1-5-13(3)12-17(6-2)16(18)14(4)15-10-8-7-9-11-15/h7-11,13-14H,5-6,12H2,1-4H3. The van der Waals surface area contributed by atoms with Crippen LogP contribution in [0, 0.1) is 5.92 Å². The number of nitrogens with zero attached hydrogens (tertiary/aromatic N) is 1. The van der Waals surface area contributed by atoms with E-state index in [1.54, 1.807) is 0 Å². The van der Waals surface area contributed by atoms with E-state index in [1.165, 1.54) is 0 Å². The van der Waals surface area contributed by atoms with Gasteiger partial charge in [0, 0.05) is 13.1 Å². The summed E-state index contributed by atoms with van der Waals surface area (Å²) in [6, 6.07) is 10.0. The Labute approximate surface area is 111 Å². The number of hydrogen-bond acceptors (Lipinski definition) is 1. The van der Waals surface area contributed by atoms with Crippen LogP contribution < -0.4 is 0 Å². The topological polar surface area (TPSA) is 20.3 Å². The Balaban J connectivity index is 2.72. The van der Waals surface area contributed by atoms with Crippen LogP contribution in [0.25, 0.3) is 0 Å². The molecule has 0 fully saturated rings. The van der Waals surface area contributed by atoms with Crippen molar-refractivity contribution in [3.05, 3.63) is 35.9 Å². The Bertz CT molecular complexity index is 361. The average Bonchev–Trinajstić information content (AvgIpc) is 2.43. The molecule has 0 aliphatic rings. The molecule has 0 radical (unpaired) electrons. The van der Waals surface area contributed by atoms with E-state index < -0.39 is 0 Å². The third-order valence-electron chi connectivity index (χ3n) is 3.59. The van der Waals surface area contributed by atoms with Crippen LogP contribution in [-0.4, -0.2) is 23.9 Å². The first-order valence-corrected chi connectivity index (χ1v) is 6.93. The predicted octanol–water partition coefficient (Wildman–Crippen LogP) is 3.68. The van der Waals surface area contributed by atoms with E-state index in [0.29, 0.717) is 5.92 Å². The fourth-order valence-corrected chi connectivity index (χ4v) is 2.04. The third-order valence-corrected chi connectivity index (χ3v) is 3.59. The predicted molar refractivity (Wildman–Crippen MR) is 76.6 cm³/mol. The summed E-state index contributed by atoms with van der Waals surface area (Å²) < 4.78 is 0. The van der Waals surface area contributed by atoms with Crippen LogP contribution in [-0.2, 0) is 4.79 Å². The molecule has 0 bridgehead atoms. The summed E-state index contributed by atoms with van der Waals surface area (Å²) in [6.45, 7) is 10.1. The van der Waals surface area contributed by atoms with E-state index in [9.17, 15) is 4.79 Å². The highest BCUT2D eigenvalue weighted by molar-refractivity contribution is 5.83. The van der Waals surface area contributed by atoms with Crippen molar-refractivity contribution >= 4 is 5.91 Å². The Morgan fingerprint density at radius 1 is 1.17 bits per heavy atom. The van der Waals surface area contributed by atoms with Gasteiger partial charge in [-0.15, -0.1) is 0 Å². The zero-order chi connectivity index (χ0) is 13.5. The van der Waals surface area contributed by atoms with Gasteiger partial charge in [-0.05, 0) is 25.3 Å². The maximum Gasteiger partial charge on any atom is 0.229 e. The van der Waals surface area contributed by atoms with E-state index in [0.717, 1.165) is 25.1 Å². The molecule has 0 spiro atoms. The van der Waals surface area contributed by atoms with Gasteiger partial charge in [0.1, 0.15) is 0 Å². The van der Waals surface area contributed by atoms with Crippen molar-refractivity contribution < 1.29 is 4.79 Å². The minimum absolute atomic E-state index is 0.0461. The van der Waals surface area contributed by atoms with E-state index in [2.05, 4.69) is 20.8 Å². The molecular formula is C16H25NO. The van der Waals surface area contributed by atoms with Gasteiger partial charge in [0.05, 0.1) is 5.92 Å². The molecule has 0 saturated carbocycles. The summed E-state index contributed by atoms with van der Waals surface area (Å²) in [5.74, 6) is 0.760. The molecule has 0 aromatic heterocycles. The molecule has 1 rings (SSSR count). The van der Waals surface area contributed by atoms with Gasteiger partial charge in [-0.1, -0.05) is 50.6 Å². The number of rotatable bonds is 6. The second kappa shape index (κ2) is 7.20. The molecule has 2 atom stereocenters. The number of likely N-dealkylation sites (N-methyl/N-ethyl adjacent to an activating group) is 1. The molecule has 0 saturated heterocycles. The van der Waals surface area contributed by atoms with Crippen molar-refractivity contribution in [1.82, 2.24) is 4.90 Å². The Morgan fingerprint density at radius 2 is 1.78 bits per heavy atom. The first kappa shape index (κ1) is 14.7. The molecule has 2 unspecified atom stereocenters. The van der Waals surface area contributed by atoms with Gasteiger partial charge in [-0.3, -0.25) is 4.79 Å². The Kier molecular flexibility index (Phi) is 5.90. The summed E-state index contributed by atoms with van der Waals surface area (Å²) >= 11 is 0.